The van der Waals surface area contributed by atoms with Crippen LogP contribution in [0.2, 0.25) is 0 Å². The van der Waals surface area contributed by atoms with E-state index in [1.54, 1.807) is 25.3 Å². The van der Waals surface area contributed by atoms with Gasteiger partial charge in [-0.15, -0.1) is 0 Å². The Morgan fingerprint density at radius 1 is 1.21 bits per heavy atom. The number of hydrogen-bond acceptors (Lipinski definition) is 3. The molecule has 0 saturated heterocycles. The highest BCUT2D eigenvalue weighted by Crippen LogP contribution is 2.21. The van der Waals surface area contributed by atoms with E-state index in [9.17, 15) is 4.79 Å². The fourth-order valence-electron chi connectivity index (χ4n) is 1.80. The molecule has 0 atom stereocenters. The van der Waals surface area contributed by atoms with Crippen molar-refractivity contribution in [2.45, 2.75) is 13.8 Å². The molecule has 0 bridgehead atoms. The van der Waals surface area contributed by atoms with E-state index in [0.29, 0.717) is 5.76 Å². The third-order valence-corrected chi connectivity index (χ3v) is 2.78. The van der Waals surface area contributed by atoms with Crippen LogP contribution in [0, 0.1) is 13.8 Å². The molecule has 1 aromatic carbocycles. The van der Waals surface area contributed by atoms with Crippen molar-refractivity contribution < 1.29 is 13.9 Å². The Labute approximate surface area is 112 Å². The van der Waals surface area contributed by atoms with E-state index in [1.165, 1.54) is 6.08 Å². The summed E-state index contributed by atoms with van der Waals surface area (Å²) in [6, 6.07) is 9.27. The lowest BCUT2D eigenvalue weighted by atomic mass is 10.1. The molecule has 0 unspecified atom stereocenters. The summed E-state index contributed by atoms with van der Waals surface area (Å²) < 4.78 is 10.5. The maximum atomic E-state index is 11.9. The number of carbonyl (C=O) groups excluding carboxylic acids is 1. The Morgan fingerprint density at radius 3 is 2.63 bits per heavy atom. The van der Waals surface area contributed by atoms with Crippen LogP contribution in [0.15, 0.2) is 40.8 Å². The van der Waals surface area contributed by atoms with Crippen molar-refractivity contribution in [1.29, 1.82) is 0 Å². The summed E-state index contributed by atoms with van der Waals surface area (Å²) in [6.07, 6.45) is 3.24. The number of hydrogen-bond donors (Lipinski definition) is 0. The largest absolute Gasteiger partial charge is 0.496 e. The van der Waals surface area contributed by atoms with Gasteiger partial charge in [0.25, 0.3) is 0 Å². The van der Waals surface area contributed by atoms with E-state index < -0.39 is 0 Å². The highest BCUT2D eigenvalue weighted by atomic mass is 16.5. The molecular formula is C16H16O3. The van der Waals surface area contributed by atoms with E-state index in [4.69, 9.17) is 9.15 Å². The Balaban J connectivity index is 2.23. The molecular weight excluding hydrogens is 240 g/mol. The second kappa shape index (κ2) is 5.57. The van der Waals surface area contributed by atoms with Gasteiger partial charge in [-0.05, 0) is 50.3 Å². The summed E-state index contributed by atoms with van der Waals surface area (Å²) in [7, 11) is 1.61. The van der Waals surface area contributed by atoms with Gasteiger partial charge in [0.2, 0.25) is 5.78 Å². The van der Waals surface area contributed by atoms with E-state index >= 15 is 0 Å². The molecule has 0 aliphatic heterocycles. The quantitative estimate of drug-likeness (QED) is 0.617. The predicted molar refractivity (Wildman–Crippen MR) is 74.5 cm³/mol. The minimum absolute atomic E-state index is 0.156. The van der Waals surface area contributed by atoms with Gasteiger partial charge in [0.15, 0.2) is 5.76 Å². The molecule has 0 amide bonds. The lowest BCUT2D eigenvalue weighted by Crippen LogP contribution is -1.92. The van der Waals surface area contributed by atoms with Gasteiger partial charge >= 0.3 is 0 Å². The van der Waals surface area contributed by atoms with Crippen LogP contribution >= 0.6 is 0 Å². The molecule has 98 valence electrons. The lowest BCUT2D eigenvalue weighted by molar-refractivity contribution is 0.102. The topological polar surface area (TPSA) is 39.4 Å². The van der Waals surface area contributed by atoms with E-state index in [0.717, 1.165) is 22.6 Å². The summed E-state index contributed by atoms with van der Waals surface area (Å²) in [5, 5.41) is 0. The van der Waals surface area contributed by atoms with E-state index in [-0.39, 0.29) is 5.78 Å². The molecule has 0 saturated carbocycles. The van der Waals surface area contributed by atoms with Crippen molar-refractivity contribution in [3.8, 4) is 5.75 Å². The zero-order valence-electron chi connectivity index (χ0n) is 11.3. The molecule has 3 nitrogen and oxygen atoms in total. The van der Waals surface area contributed by atoms with Crippen LogP contribution in [0.25, 0.3) is 6.08 Å². The zero-order valence-corrected chi connectivity index (χ0v) is 11.3. The second-order valence-corrected chi connectivity index (χ2v) is 4.35. The number of carbonyl (C=O) groups is 1. The molecule has 1 aromatic heterocycles. The van der Waals surface area contributed by atoms with Crippen molar-refractivity contribution >= 4 is 11.9 Å². The monoisotopic (exact) mass is 256 g/mol. The molecule has 19 heavy (non-hydrogen) atoms. The molecule has 0 aliphatic carbocycles. The number of allylic oxidation sites excluding steroid dienone is 1. The number of rotatable bonds is 4. The summed E-state index contributed by atoms with van der Waals surface area (Å²) in [6.45, 7) is 3.80. The van der Waals surface area contributed by atoms with Gasteiger partial charge in [-0.1, -0.05) is 11.6 Å². The van der Waals surface area contributed by atoms with Crippen molar-refractivity contribution in [2.24, 2.45) is 0 Å². The maximum absolute atomic E-state index is 11.9. The molecule has 0 aliphatic rings. The molecule has 2 rings (SSSR count). The van der Waals surface area contributed by atoms with Crippen LogP contribution < -0.4 is 4.74 Å². The first-order valence-corrected chi connectivity index (χ1v) is 6.03. The molecule has 0 N–H and O–H groups in total. The standard InChI is InChI=1S/C16H16O3/c1-11-4-8-15(18-3)13(10-11)6-7-14(17)16-9-5-12(2)19-16/h4-10H,1-3H3/b7-6+. The fraction of sp³-hybridized carbons (Fsp3) is 0.188. The number of furan rings is 1. The second-order valence-electron chi connectivity index (χ2n) is 4.35. The molecule has 1 heterocycles. The Bertz CT molecular complexity index is 621. The van der Waals surface area contributed by atoms with Crippen LogP contribution in [0.5, 0.6) is 5.75 Å². The van der Waals surface area contributed by atoms with Crippen molar-refractivity contribution in [2.75, 3.05) is 7.11 Å². The Hall–Kier alpha value is -2.29. The number of ether oxygens (including phenoxy) is 1. The normalized spacial score (nSPS) is 10.9. The van der Waals surface area contributed by atoms with Crippen molar-refractivity contribution in [3.05, 3.63) is 59.1 Å². The van der Waals surface area contributed by atoms with Gasteiger partial charge < -0.3 is 9.15 Å². The zero-order chi connectivity index (χ0) is 13.8. The van der Waals surface area contributed by atoms with Crippen molar-refractivity contribution in [1.82, 2.24) is 0 Å². The van der Waals surface area contributed by atoms with Gasteiger partial charge in [-0.3, -0.25) is 4.79 Å². The molecule has 0 fully saturated rings. The lowest BCUT2D eigenvalue weighted by Gasteiger charge is -2.05. The Kier molecular flexibility index (Phi) is 3.85. The molecule has 2 aromatic rings. The summed E-state index contributed by atoms with van der Waals surface area (Å²) >= 11 is 0. The molecule has 3 heteroatoms. The van der Waals surface area contributed by atoms with Crippen LogP contribution in [0.3, 0.4) is 0 Å². The third-order valence-electron chi connectivity index (χ3n) is 2.78. The maximum Gasteiger partial charge on any atom is 0.221 e. The van der Waals surface area contributed by atoms with Crippen molar-refractivity contribution in [3.63, 3.8) is 0 Å². The molecule has 0 radical (unpaired) electrons. The number of ketones is 1. The summed E-state index contributed by atoms with van der Waals surface area (Å²) in [4.78, 5) is 11.9. The number of methoxy groups -OCH3 is 1. The minimum Gasteiger partial charge on any atom is -0.496 e. The Morgan fingerprint density at radius 2 is 2.00 bits per heavy atom. The summed E-state index contributed by atoms with van der Waals surface area (Å²) in [5.41, 5.74) is 1.99. The first-order valence-electron chi connectivity index (χ1n) is 6.03. The highest BCUT2D eigenvalue weighted by Gasteiger charge is 2.07. The fourth-order valence-corrected chi connectivity index (χ4v) is 1.80. The first kappa shape index (κ1) is 13.1. The van der Waals surface area contributed by atoms with Gasteiger partial charge in [0.05, 0.1) is 7.11 Å². The van der Waals surface area contributed by atoms with Crippen LogP contribution in [0.1, 0.15) is 27.4 Å². The highest BCUT2D eigenvalue weighted by molar-refractivity contribution is 6.05. The minimum atomic E-state index is -0.156. The average molecular weight is 256 g/mol. The van der Waals surface area contributed by atoms with Crippen LogP contribution in [0.4, 0.5) is 0 Å². The predicted octanol–water partition coefficient (Wildman–Crippen LogP) is 3.80. The van der Waals surface area contributed by atoms with Gasteiger partial charge in [0.1, 0.15) is 11.5 Å². The van der Waals surface area contributed by atoms with Gasteiger partial charge in [-0.25, -0.2) is 0 Å². The van der Waals surface area contributed by atoms with E-state index in [1.807, 2.05) is 32.0 Å². The first-order chi connectivity index (χ1) is 9.10. The SMILES string of the molecule is COc1ccc(C)cc1/C=C/C(=O)c1ccc(C)o1. The summed E-state index contributed by atoms with van der Waals surface area (Å²) in [5.74, 6) is 1.66. The smallest absolute Gasteiger partial charge is 0.221 e. The number of benzene rings is 1. The van der Waals surface area contributed by atoms with Gasteiger partial charge in [-0.2, -0.15) is 0 Å². The van der Waals surface area contributed by atoms with Crippen LogP contribution in [-0.4, -0.2) is 12.9 Å². The average Bonchev–Trinajstić information content (AvgIpc) is 2.83. The molecule has 0 spiro atoms. The van der Waals surface area contributed by atoms with E-state index in [2.05, 4.69) is 0 Å². The third kappa shape index (κ3) is 3.13. The van der Waals surface area contributed by atoms with Gasteiger partial charge in [0, 0.05) is 5.56 Å². The number of aryl methyl sites for hydroxylation is 2. The van der Waals surface area contributed by atoms with Crippen LogP contribution in [-0.2, 0) is 0 Å².